The van der Waals surface area contributed by atoms with Crippen LogP contribution in [0.4, 0.5) is 0 Å². The Hall–Kier alpha value is -2.26. The maximum atomic E-state index is 12.9. The van der Waals surface area contributed by atoms with Crippen LogP contribution in [0.25, 0.3) is 21.2 Å². The molecule has 33 heavy (non-hydrogen) atoms. The minimum absolute atomic E-state index is 0.0421. The van der Waals surface area contributed by atoms with Crippen LogP contribution in [-0.4, -0.2) is 60.6 Å². The molecular weight excluding hydrogens is 438 g/mol. The third kappa shape index (κ3) is 5.30. The quantitative estimate of drug-likeness (QED) is 0.549. The summed E-state index contributed by atoms with van der Waals surface area (Å²) in [7, 11) is 1.82. The predicted octanol–water partition coefficient (Wildman–Crippen LogP) is 3.69. The summed E-state index contributed by atoms with van der Waals surface area (Å²) in [5.41, 5.74) is 2.10. The Morgan fingerprint density at radius 1 is 1.15 bits per heavy atom. The van der Waals surface area contributed by atoms with Crippen LogP contribution < -0.4 is 10.3 Å². The molecule has 7 nitrogen and oxygen atoms in total. The fourth-order valence-electron chi connectivity index (χ4n) is 4.53. The summed E-state index contributed by atoms with van der Waals surface area (Å²) in [5, 5.41) is 0.780. The van der Waals surface area contributed by atoms with E-state index in [2.05, 4.69) is 16.0 Å². The first kappa shape index (κ1) is 22.5. The minimum atomic E-state index is 0.0421. The van der Waals surface area contributed by atoms with E-state index >= 15 is 0 Å². The van der Waals surface area contributed by atoms with Crippen LogP contribution in [0.2, 0.25) is 0 Å². The molecule has 0 N–H and O–H groups in total. The smallest absolute Gasteiger partial charge is 0.259 e. The molecule has 0 unspecified atom stereocenters. The monoisotopic (exact) mass is 469 g/mol. The SMILES string of the molecule is Cn1cc(-c2ccnc(OCC3CCOCC3)c2)c2sc(CN3CCCOCC3)cc2c1=O. The first-order valence-electron chi connectivity index (χ1n) is 11.8. The molecule has 0 radical (unpaired) electrons. The first-order chi connectivity index (χ1) is 16.2. The zero-order valence-electron chi connectivity index (χ0n) is 19.1. The van der Waals surface area contributed by atoms with E-state index in [1.165, 1.54) is 4.88 Å². The van der Waals surface area contributed by atoms with Gasteiger partial charge in [0.05, 0.1) is 18.6 Å². The number of aryl methyl sites for hydroxylation is 1. The van der Waals surface area contributed by atoms with E-state index in [0.29, 0.717) is 18.4 Å². The Morgan fingerprint density at radius 3 is 2.88 bits per heavy atom. The average molecular weight is 470 g/mol. The van der Waals surface area contributed by atoms with Gasteiger partial charge in [-0.25, -0.2) is 4.98 Å². The fraction of sp³-hybridized carbons (Fsp3) is 0.520. The first-order valence-corrected chi connectivity index (χ1v) is 12.6. The van der Waals surface area contributed by atoms with Crippen molar-refractivity contribution in [3.8, 4) is 17.0 Å². The van der Waals surface area contributed by atoms with Gasteiger partial charge in [0, 0.05) is 80.1 Å². The molecule has 2 saturated heterocycles. The van der Waals surface area contributed by atoms with Gasteiger partial charge in [-0.15, -0.1) is 11.3 Å². The summed E-state index contributed by atoms with van der Waals surface area (Å²) in [6.45, 7) is 6.67. The number of nitrogens with zero attached hydrogens (tertiary/aromatic N) is 3. The Labute approximate surface area is 197 Å². The number of ether oxygens (including phenoxy) is 3. The maximum absolute atomic E-state index is 12.9. The summed E-state index contributed by atoms with van der Waals surface area (Å²) in [6, 6.07) is 6.05. The van der Waals surface area contributed by atoms with Gasteiger partial charge in [-0.3, -0.25) is 9.69 Å². The van der Waals surface area contributed by atoms with Crippen molar-refractivity contribution in [2.75, 3.05) is 46.1 Å². The zero-order valence-corrected chi connectivity index (χ0v) is 19.9. The van der Waals surface area contributed by atoms with Gasteiger partial charge in [0.15, 0.2) is 0 Å². The van der Waals surface area contributed by atoms with Gasteiger partial charge in [0.25, 0.3) is 5.56 Å². The average Bonchev–Trinajstić information content (AvgIpc) is 3.09. The molecule has 3 aromatic heterocycles. The molecular formula is C25H31N3O4S. The highest BCUT2D eigenvalue weighted by atomic mass is 32.1. The number of rotatable bonds is 6. The maximum Gasteiger partial charge on any atom is 0.259 e. The molecule has 0 saturated carbocycles. The molecule has 0 bridgehead atoms. The van der Waals surface area contributed by atoms with E-state index < -0.39 is 0 Å². The second-order valence-electron chi connectivity index (χ2n) is 8.91. The highest BCUT2D eigenvalue weighted by Gasteiger charge is 2.18. The molecule has 5 heterocycles. The molecule has 8 heteroatoms. The van der Waals surface area contributed by atoms with Crippen LogP contribution in [0.5, 0.6) is 5.88 Å². The van der Waals surface area contributed by atoms with Gasteiger partial charge < -0.3 is 18.8 Å². The lowest BCUT2D eigenvalue weighted by Gasteiger charge is -2.21. The Kier molecular flexibility index (Phi) is 7.06. The topological polar surface area (TPSA) is 65.8 Å². The Morgan fingerprint density at radius 2 is 2.00 bits per heavy atom. The lowest BCUT2D eigenvalue weighted by atomic mass is 10.0. The van der Waals surface area contributed by atoms with Crippen LogP contribution in [-0.2, 0) is 23.1 Å². The number of hydrogen-bond donors (Lipinski definition) is 0. The third-order valence-corrected chi connectivity index (χ3v) is 7.60. The highest BCUT2D eigenvalue weighted by Crippen LogP contribution is 2.34. The molecule has 2 aliphatic rings. The molecule has 3 aromatic rings. The van der Waals surface area contributed by atoms with E-state index in [9.17, 15) is 4.79 Å². The molecule has 2 aliphatic heterocycles. The minimum Gasteiger partial charge on any atom is -0.477 e. The summed E-state index contributed by atoms with van der Waals surface area (Å²) < 4.78 is 19.8. The molecule has 0 atom stereocenters. The van der Waals surface area contributed by atoms with Gasteiger partial charge in [-0.1, -0.05) is 0 Å². The molecule has 0 aliphatic carbocycles. The molecule has 0 spiro atoms. The third-order valence-electron chi connectivity index (χ3n) is 6.45. The summed E-state index contributed by atoms with van der Waals surface area (Å²) in [6.07, 6.45) is 6.83. The van der Waals surface area contributed by atoms with Crippen molar-refractivity contribution in [2.24, 2.45) is 13.0 Å². The lowest BCUT2D eigenvalue weighted by molar-refractivity contribution is 0.0490. The van der Waals surface area contributed by atoms with Crippen molar-refractivity contribution >= 4 is 21.4 Å². The van der Waals surface area contributed by atoms with Crippen molar-refractivity contribution in [3.05, 3.63) is 45.8 Å². The van der Waals surface area contributed by atoms with E-state index in [4.69, 9.17) is 14.2 Å². The summed E-state index contributed by atoms with van der Waals surface area (Å²) >= 11 is 1.71. The standard InChI is InChI=1S/C25H31N3O4S/c1-27-16-22(19-3-6-26-23(13-19)32-17-18-4-10-31-11-5-18)24-21(25(27)29)14-20(33-24)15-28-7-2-9-30-12-8-28/h3,6,13-14,16,18H,2,4-5,7-12,15,17H2,1H3. The van der Waals surface area contributed by atoms with Gasteiger partial charge in [0.2, 0.25) is 5.88 Å². The largest absolute Gasteiger partial charge is 0.477 e. The lowest BCUT2D eigenvalue weighted by Crippen LogP contribution is -2.25. The normalized spacial score (nSPS) is 18.5. The van der Waals surface area contributed by atoms with Crippen molar-refractivity contribution < 1.29 is 14.2 Å². The van der Waals surface area contributed by atoms with E-state index in [1.807, 2.05) is 25.4 Å². The van der Waals surface area contributed by atoms with Crippen LogP contribution in [0.1, 0.15) is 24.1 Å². The molecule has 176 valence electrons. The molecule has 2 fully saturated rings. The van der Waals surface area contributed by atoms with Crippen molar-refractivity contribution in [3.63, 3.8) is 0 Å². The zero-order chi connectivity index (χ0) is 22.6. The van der Waals surface area contributed by atoms with E-state index in [1.54, 1.807) is 22.1 Å². The Bertz CT molecular complexity index is 1140. The second-order valence-corrected chi connectivity index (χ2v) is 10.0. The second kappa shape index (κ2) is 10.3. The Balaban J connectivity index is 1.41. The van der Waals surface area contributed by atoms with Gasteiger partial charge >= 0.3 is 0 Å². The number of fused-ring (bicyclic) bond motifs is 1. The van der Waals surface area contributed by atoms with Gasteiger partial charge in [0.1, 0.15) is 0 Å². The van der Waals surface area contributed by atoms with Crippen molar-refractivity contribution in [2.45, 2.75) is 25.8 Å². The van der Waals surface area contributed by atoms with Gasteiger partial charge in [-0.2, -0.15) is 0 Å². The summed E-state index contributed by atoms with van der Waals surface area (Å²) in [4.78, 5) is 21.0. The number of thiophene rings is 1. The molecule has 5 rings (SSSR count). The van der Waals surface area contributed by atoms with E-state index in [0.717, 1.165) is 86.5 Å². The highest BCUT2D eigenvalue weighted by molar-refractivity contribution is 7.19. The number of pyridine rings is 2. The van der Waals surface area contributed by atoms with Crippen molar-refractivity contribution in [1.29, 1.82) is 0 Å². The van der Waals surface area contributed by atoms with Gasteiger partial charge in [-0.05, 0) is 42.9 Å². The van der Waals surface area contributed by atoms with Crippen LogP contribution in [0, 0.1) is 5.92 Å². The van der Waals surface area contributed by atoms with Crippen molar-refractivity contribution in [1.82, 2.24) is 14.5 Å². The summed E-state index contributed by atoms with van der Waals surface area (Å²) in [5.74, 6) is 1.14. The molecule has 0 amide bonds. The van der Waals surface area contributed by atoms with E-state index in [-0.39, 0.29) is 5.56 Å². The number of hydrogen-bond acceptors (Lipinski definition) is 7. The predicted molar refractivity (Wildman–Crippen MR) is 130 cm³/mol. The fourth-order valence-corrected chi connectivity index (χ4v) is 5.76. The van der Waals surface area contributed by atoms with Crippen LogP contribution in [0.15, 0.2) is 35.4 Å². The molecule has 0 aromatic carbocycles. The number of aromatic nitrogens is 2. The van der Waals surface area contributed by atoms with Crippen LogP contribution in [0.3, 0.4) is 0 Å². The van der Waals surface area contributed by atoms with Crippen LogP contribution >= 0.6 is 11.3 Å².